The SMILES string of the molecule is CC1=C(C)C(N2CC(N(C=O)C3(c4ccccc4)CCCC3)=CN2)=CC(=O)C1. The number of ketones is 1. The number of hydrazine groups is 1. The lowest BCUT2D eigenvalue weighted by molar-refractivity contribution is -0.121. The number of allylic oxidation sites excluding steroid dienone is 3. The van der Waals surface area contributed by atoms with Gasteiger partial charge in [-0.15, -0.1) is 0 Å². The second-order valence-electron chi connectivity index (χ2n) is 8.01. The summed E-state index contributed by atoms with van der Waals surface area (Å²) >= 11 is 0. The molecule has 5 nitrogen and oxygen atoms in total. The van der Waals surface area contributed by atoms with Gasteiger partial charge in [-0.2, -0.15) is 0 Å². The summed E-state index contributed by atoms with van der Waals surface area (Å²) in [4.78, 5) is 26.2. The fourth-order valence-electron chi connectivity index (χ4n) is 4.73. The third-order valence-electron chi connectivity index (χ3n) is 6.38. The standard InChI is InChI=1S/C23H27N3O2/c1-17-12-21(28)13-22(18(17)2)26-15-20(14-24-26)25(16-27)23(10-6-7-11-23)19-8-4-3-5-9-19/h3-5,8-9,13-14,16,24H,6-7,10-12,15H2,1-2H3. The van der Waals surface area contributed by atoms with Gasteiger partial charge in [0.15, 0.2) is 5.78 Å². The zero-order chi connectivity index (χ0) is 19.7. The summed E-state index contributed by atoms with van der Waals surface area (Å²) < 4.78 is 0. The lowest BCUT2D eigenvalue weighted by Crippen LogP contribution is -2.44. The zero-order valence-electron chi connectivity index (χ0n) is 16.6. The second kappa shape index (κ2) is 7.30. The van der Waals surface area contributed by atoms with Crippen LogP contribution in [-0.2, 0) is 15.1 Å². The molecule has 0 unspecified atom stereocenters. The number of nitrogens with one attached hydrogen (secondary N) is 1. The fourth-order valence-corrected chi connectivity index (χ4v) is 4.73. The first-order valence-electron chi connectivity index (χ1n) is 9.99. The molecular formula is C23H27N3O2. The van der Waals surface area contributed by atoms with Crippen molar-refractivity contribution in [1.29, 1.82) is 0 Å². The van der Waals surface area contributed by atoms with Crippen molar-refractivity contribution >= 4 is 12.2 Å². The Morgan fingerprint density at radius 1 is 1.14 bits per heavy atom. The molecule has 1 amide bonds. The highest BCUT2D eigenvalue weighted by atomic mass is 16.1. The lowest BCUT2D eigenvalue weighted by atomic mass is 9.86. The molecule has 1 aromatic rings. The highest BCUT2D eigenvalue weighted by Crippen LogP contribution is 2.45. The minimum Gasteiger partial charge on any atom is -0.305 e. The van der Waals surface area contributed by atoms with E-state index >= 15 is 0 Å². The van der Waals surface area contributed by atoms with Crippen molar-refractivity contribution in [2.45, 2.75) is 51.5 Å². The first kappa shape index (κ1) is 18.5. The van der Waals surface area contributed by atoms with Crippen LogP contribution < -0.4 is 5.43 Å². The Hall–Kier alpha value is -2.82. The summed E-state index contributed by atoms with van der Waals surface area (Å²) in [5.74, 6) is 0.122. The van der Waals surface area contributed by atoms with Gasteiger partial charge >= 0.3 is 0 Å². The van der Waals surface area contributed by atoms with Crippen LogP contribution in [0, 0.1) is 0 Å². The third kappa shape index (κ3) is 3.05. The molecule has 0 aromatic heterocycles. The van der Waals surface area contributed by atoms with Crippen molar-refractivity contribution in [3.63, 3.8) is 0 Å². The van der Waals surface area contributed by atoms with Gasteiger partial charge in [0.25, 0.3) is 0 Å². The number of carbonyl (C=O) groups excluding carboxylic acids is 2. The highest BCUT2D eigenvalue weighted by molar-refractivity contribution is 5.94. The van der Waals surface area contributed by atoms with Crippen LogP contribution in [0.3, 0.4) is 0 Å². The Kier molecular flexibility index (Phi) is 4.84. The van der Waals surface area contributed by atoms with Crippen LogP contribution in [0.15, 0.2) is 65.1 Å². The average Bonchev–Trinajstić information content (AvgIpc) is 3.37. The van der Waals surface area contributed by atoms with Crippen LogP contribution in [-0.4, -0.2) is 28.6 Å². The molecule has 1 fully saturated rings. The van der Waals surface area contributed by atoms with Gasteiger partial charge in [-0.3, -0.25) is 14.6 Å². The van der Waals surface area contributed by atoms with Crippen LogP contribution in [0.5, 0.6) is 0 Å². The molecular weight excluding hydrogens is 350 g/mol. The molecule has 1 aliphatic heterocycles. The molecule has 0 bridgehead atoms. The zero-order valence-corrected chi connectivity index (χ0v) is 16.6. The quantitative estimate of drug-likeness (QED) is 0.794. The lowest BCUT2D eigenvalue weighted by Gasteiger charge is -2.40. The van der Waals surface area contributed by atoms with Crippen LogP contribution in [0.4, 0.5) is 0 Å². The normalized spacial score (nSPS) is 21.4. The molecule has 0 spiro atoms. The van der Waals surface area contributed by atoms with Crippen molar-refractivity contribution in [3.05, 3.63) is 70.7 Å². The maximum absolute atomic E-state index is 12.3. The Labute approximate surface area is 166 Å². The molecule has 1 heterocycles. The van der Waals surface area contributed by atoms with E-state index in [9.17, 15) is 9.59 Å². The maximum atomic E-state index is 12.3. The third-order valence-corrected chi connectivity index (χ3v) is 6.38. The van der Waals surface area contributed by atoms with Gasteiger partial charge in [0.2, 0.25) is 6.41 Å². The summed E-state index contributed by atoms with van der Waals surface area (Å²) in [6, 6.07) is 10.4. The number of hydrogen-bond donors (Lipinski definition) is 1. The number of rotatable bonds is 5. The number of nitrogens with zero attached hydrogens (tertiary/aromatic N) is 2. The second-order valence-corrected chi connectivity index (χ2v) is 8.01. The first-order valence-corrected chi connectivity index (χ1v) is 9.99. The molecule has 0 saturated heterocycles. The molecule has 3 aliphatic rings. The Morgan fingerprint density at radius 2 is 1.86 bits per heavy atom. The van der Waals surface area contributed by atoms with Crippen LogP contribution >= 0.6 is 0 Å². The van der Waals surface area contributed by atoms with Gasteiger partial charge in [-0.05, 0) is 37.8 Å². The fraction of sp³-hybridized carbons (Fsp3) is 0.391. The monoisotopic (exact) mass is 377 g/mol. The number of amides is 1. The molecule has 5 heteroatoms. The van der Waals surface area contributed by atoms with Gasteiger partial charge in [-0.25, -0.2) is 0 Å². The van der Waals surface area contributed by atoms with Crippen molar-refractivity contribution in [2.24, 2.45) is 0 Å². The minimum atomic E-state index is -0.288. The molecule has 0 atom stereocenters. The van der Waals surface area contributed by atoms with E-state index in [1.165, 1.54) is 5.56 Å². The van der Waals surface area contributed by atoms with Crippen LogP contribution in [0.2, 0.25) is 0 Å². The van der Waals surface area contributed by atoms with E-state index in [0.717, 1.165) is 54.6 Å². The van der Waals surface area contributed by atoms with Gasteiger partial charge in [0, 0.05) is 18.7 Å². The van der Waals surface area contributed by atoms with E-state index in [2.05, 4.69) is 17.6 Å². The van der Waals surface area contributed by atoms with Gasteiger partial charge in [-0.1, -0.05) is 48.7 Å². The topological polar surface area (TPSA) is 52.6 Å². The van der Waals surface area contributed by atoms with Crippen molar-refractivity contribution < 1.29 is 9.59 Å². The van der Waals surface area contributed by atoms with Gasteiger partial charge in [0.1, 0.15) is 0 Å². The number of carbonyl (C=O) groups is 2. The predicted molar refractivity (Wildman–Crippen MR) is 108 cm³/mol. The van der Waals surface area contributed by atoms with Crippen LogP contribution in [0.1, 0.15) is 51.5 Å². The summed E-state index contributed by atoms with van der Waals surface area (Å²) in [7, 11) is 0. The Morgan fingerprint density at radius 3 is 2.54 bits per heavy atom. The first-order chi connectivity index (χ1) is 13.5. The van der Waals surface area contributed by atoms with Crippen molar-refractivity contribution in [1.82, 2.24) is 15.3 Å². The molecule has 1 aromatic carbocycles. The molecule has 0 radical (unpaired) electrons. The molecule has 1 N–H and O–H groups in total. The van der Waals surface area contributed by atoms with E-state index in [-0.39, 0.29) is 11.3 Å². The van der Waals surface area contributed by atoms with E-state index in [1.54, 1.807) is 6.08 Å². The highest BCUT2D eigenvalue weighted by Gasteiger charge is 2.43. The van der Waals surface area contributed by atoms with E-state index in [1.807, 2.05) is 48.2 Å². The molecule has 1 saturated carbocycles. The summed E-state index contributed by atoms with van der Waals surface area (Å²) in [5, 5.41) is 1.97. The van der Waals surface area contributed by atoms with Crippen molar-refractivity contribution in [3.8, 4) is 0 Å². The van der Waals surface area contributed by atoms with Crippen molar-refractivity contribution in [2.75, 3.05) is 6.54 Å². The predicted octanol–water partition coefficient (Wildman–Crippen LogP) is 3.77. The molecule has 28 heavy (non-hydrogen) atoms. The summed E-state index contributed by atoms with van der Waals surface area (Å²) in [6.07, 6.45) is 9.23. The Balaban J connectivity index is 1.62. The van der Waals surface area contributed by atoms with E-state index < -0.39 is 0 Å². The largest absolute Gasteiger partial charge is 0.305 e. The molecule has 2 aliphatic carbocycles. The number of hydrogen-bond acceptors (Lipinski definition) is 4. The van der Waals surface area contributed by atoms with Gasteiger partial charge < -0.3 is 10.3 Å². The number of benzene rings is 1. The molecule has 4 rings (SSSR count). The summed E-state index contributed by atoms with van der Waals surface area (Å²) in [6.45, 7) is 4.61. The van der Waals surface area contributed by atoms with E-state index in [4.69, 9.17) is 0 Å². The molecule has 146 valence electrons. The smallest absolute Gasteiger partial charge is 0.214 e. The average molecular weight is 377 g/mol. The minimum absolute atomic E-state index is 0.122. The van der Waals surface area contributed by atoms with Gasteiger partial charge in [0.05, 0.1) is 23.5 Å². The van der Waals surface area contributed by atoms with Crippen LogP contribution in [0.25, 0.3) is 0 Å². The Bertz CT molecular complexity index is 876. The summed E-state index contributed by atoms with van der Waals surface area (Å²) in [5.41, 5.74) is 8.23. The van der Waals surface area contributed by atoms with E-state index in [0.29, 0.717) is 13.0 Å². The maximum Gasteiger partial charge on any atom is 0.214 e.